The molecule has 1 atom stereocenters. The predicted molar refractivity (Wildman–Crippen MR) is 80.3 cm³/mol. The summed E-state index contributed by atoms with van der Waals surface area (Å²) in [5, 5.41) is 6.56. The van der Waals surface area contributed by atoms with E-state index in [1.54, 1.807) is 11.8 Å². The Morgan fingerprint density at radius 2 is 2.27 bits per heavy atom. The first-order valence-electron chi connectivity index (χ1n) is 7.62. The highest BCUT2D eigenvalue weighted by Gasteiger charge is 2.28. The van der Waals surface area contributed by atoms with Crippen molar-refractivity contribution >= 4 is 23.5 Å². The number of ether oxygens (including phenoxy) is 1. The van der Waals surface area contributed by atoms with E-state index in [4.69, 9.17) is 16.3 Å². The van der Waals surface area contributed by atoms with Gasteiger partial charge in [0.15, 0.2) is 0 Å². The molecule has 0 spiro atoms. The maximum Gasteiger partial charge on any atom is 0.307 e. The molecule has 0 aromatic carbocycles. The van der Waals surface area contributed by atoms with Crippen molar-refractivity contribution in [2.24, 2.45) is 0 Å². The number of carbonyl (C=O) groups excluding carboxylic acids is 2. The van der Waals surface area contributed by atoms with Crippen LogP contribution in [0.25, 0.3) is 0 Å². The van der Waals surface area contributed by atoms with Crippen LogP contribution in [0.15, 0.2) is 0 Å². The Kier molecular flexibility index (Phi) is 6.18. The van der Waals surface area contributed by atoms with E-state index in [-0.39, 0.29) is 29.6 Å². The van der Waals surface area contributed by atoms with Crippen molar-refractivity contribution in [1.29, 1.82) is 0 Å². The van der Waals surface area contributed by atoms with Crippen LogP contribution < -0.4 is 0 Å². The van der Waals surface area contributed by atoms with Crippen molar-refractivity contribution in [3.05, 3.63) is 11.1 Å². The number of nitrogens with one attached hydrogen (secondary N) is 1. The lowest BCUT2D eigenvalue weighted by Gasteiger charge is -2.35. The number of carbonyl (C=O) groups is 2. The first kappa shape index (κ1) is 16.7. The highest BCUT2D eigenvalue weighted by atomic mass is 35.5. The lowest BCUT2D eigenvalue weighted by atomic mass is 9.98. The summed E-state index contributed by atoms with van der Waals surface area (Å²) in [6.07, 6.45) is 3.91. The van der Waals surface area contributed by atoms with Crippen LogP contribution in [0.1, 0.15) is 44.9 Å². The van der Waals surface area contributed by atoms with Crippen LogP contribution in [-0.2, 0) is 20.7 Å². The zero-order valence-electron chi connectivity index (χ0n) is 12.7. The summed E-state index contributed by atoms with van der Waals surface area (Å²) in [6.45, 7) is 2.84. The fourth-order valence-electron chi connectivity index (χ4n) is 2.71. The summed E-state index contributed by atoms with van der Waals surface area (Å²) < 4.78 is 4.99. The highest BCUT2D eigenvalue weighted by Crippen LogP contribution is 2.21. The van der Waals surface area contributed by atoms with E-state index in [9.17, 15) is 9.59 Å². The number of amides is 1. The van der Waals surface area contributed by atoms with Gasteiger partial charge in [-0.05, 0) is 37.8 Å². The van der Waals surface area contributed by atoms with Crippen molar-refractivity contribution in [3.8, 4) is 0 Å². The number of nitrogens with zero attached hydrogens (tertiary/aromatic N) is 3. The molecule has 1 aliphatic rings. The molecular weight excluding hydrogens is 308 g/mol. The first-order chi connectivity index (χ1) is 10.6. The number of piperidine rings is 1. The largest absolute Gasteiger partial charge is 0.466 e. The van der Waals surface area contributed by atoms with Crippen molar-refractivity contribution in [2.45, 2.75) is 51.5 Å². The van der Waals surface area contributed by atoms with Gasteiger partial charge < -0.3 is 9.64 Å². The molecule has 1 aromatic rings. The van der Waals surface area contributed by atoms with Crippen LogP contribution in [0.5, 0.6) is 0 Å². The Bertz CT molecular complexity index is 520. The number of esters is 1. The van der Waals surface area contributed by atoms with Crippen LogP contribution in [-0.4, -0.2) is 51.2 Å². The van der Waals surface area contributed by atoms with E-state index in [1.807, 2.05) is 0 Å². The first-order valence-corrected chi connectivity index (χ1v) is 7.99. The van der Waals surface area contributed by atoms with Crippen LogP contribution in [0.2, 0.25) is 5.28 Å². The molecule has 0 bridgehead atoms. The predicted octanol–water partition coefficient (Wildman–Crippen LogP) is 1.73. The van der Waals surface area contributed by atoms with Gasteiger partial charge >= 0.3 is 5.97 Å². The van der Waals surface area contributed by atoms with Gasteiger partial charge in [0.05, 0.1) is 13.0 Å². The van der Waals surface area contributed by atoms with Gasteiger partial charge in [-0.3, -0.25) is 14.7 Å². The summed E-state index contributed by atoms with van der Waals surface area (Å²) in [5.41, 5.74) is 0. The summed E-state index contributed by atoms with van der Waals surface area (Å²) in [6, 6.07) is -0.0568. The standard InChI is InChI=1S/C14H21ClN4O3/c1-2-22-13(21)9-10-5-3-4-8-19(10)12(20)7-6-11-16-14(15)18-17-11/h10H,2-9H2,1H3,(H,16,17,18)/t10-/m1/s1. The maximum absolute atomic E-state index is 12.4. The smallest absolute Gasteiger partial charge is 0.307 e. The van der Waals surface area contributed by atoms with Gasteiger partial charge in [0.25, 0.3) is 0 Å². The van der Waals surface area contributed by atoms with Gasteiger partial charge in [-0.15, -0.1) is 5.10 Å². The van der Waals surface area contributed by atoms with E-state index < -0.39 is 0 Å². The Hall–Kier alpha value is -1.63. The minimum absolute atomic E-state index is 0.0292. The maximum atomic E-state index is 12.4. The van der Waals surface area contributed by atoms with Gasteiger partial charge in [-0.1, -0.05) is 0 Å². The van der Waals surface area contributed by atoms with Gasteiger partial charge in [-0.25, -0.2) is 4.98 Å². The molecule has 0 saturated carbocycles. The van der Waals surface area contributed by atoms with Gasteiger partial charge in [0.2, 0.25) is 11.2 Å². The van der Waals surface area contributed by atoms with Gasteiger partial charge in [0.1, 0.15) is 5.82 Å². The fourth-order valence-corrected chi connectivity index (χ4v) is 2.85. The lowest BCUT2D eigenvalue weighted by Crippen LogP contribution is -2.45. The molecule has 0 aliphatic carbocycles. The third-order valence-electron chi connectivity index (χ3n) is 3.74. The SMILES string of the molecule is CCOC(=O)C[C@H]1CCCCN1C(=O)CCc1nc(Cl)n[nH]1. The molecule has 1 fully saturated rings. The number of aryl methyl sites for hydroxylation is 1. The second-order valence-corrected chi connectivity index (χ2v) is 5.64. The second-order valence-electron chi connectivity index (χ2n) is 5.30. The number of rotatable bonds is 6. The minimum atomic E-state index is -0.241. The van der Waals surface area contributed by atoms with E-state index in [1.165, 1.54) is 0 Å². The molecule has 1 aliphatic heterocycles. The molecule has 1 saturated heterocycles. The van der Waals surface area contributed by atoms with Crippen molar-refractivity contribution < 1.29 is 14.3 Å². The summed E-state index contributed by atoms with van der Waals surface area (Å²) in [4.78, 5) is 29.8. The van der Waals surface area contributed by atoms with E-state index in [0.29, 0.717) is 31.8 Å². The van der Waals surface area contributed by atoms with Crippen LogP contribution in [0.3, 0.4) is 0 Å². The van der Waals surface area contributed by atoms with Gasteiger partial charge in [0, 0.05) is 25.4 Å². The Morgan fingerprint density at radius 3 is 2.95 bits per heavy atom. The summed E-state index contributed by atoms with van der Waals surface area (Å²) in [5.74, 6) is 0.382. The van der Waals surface area contributed by atoms with E-state index in [0.717, 1.165) is 19.3 Å². The summed E-state index contributed by atoms with van der Waals surface area (Å²) >= 11 is 5.63. The van der Waals surface area contributed by atoms with E-state index >= 15 is 0 Å². The van der Waals surface area contributed by atoms with Crippen molar-refractivity contribution in [1.82, 2.24) is 20.1 Å². The van der Waals surface area contributed by atoms with Gasteiger partial charge in [-0.2, -0.15) is 0 Å². The zero-order valence-corrected chi connectivity index (χ0v) is 13.4. The Balaban J connectivity index is 1.88. The molecule has 0 radical (unpaired) electrons. The summed E-state index contributed by atoms with van der Waals surface area (Å²) in [7, 11) is 0. The van der Waals surface area contributed by atoms with Crippen molar-refractivity contribution in [3.63, 3.8) is 0 Å². The highest BCUT2D eigenvalue weighted by molar-refractivity contribution is 6.28. The molecule has 0 unspecified atom stereocenters. The molecule has 122 valence electrons. The minimum Gasteiger partial charge on any atom is -0.466 e. The molecule has 1 N–H and O–H groups in total. The molecular formula is C14H21ClN4O3. The molecule has 1 aromatic heterocycles. The average molecular weight is 329 g/mol. The van der Waals surface area contributed by atoms with Crippen LogP contribution in [0, 0.1) is 0 Å². The molecule has 8 heteroatoms. The average Bonchev–Trinajstić information content (AvgIpc) is 2.91. The molecule has 2 heterocycles. The zero-order chi connectivity index (χ0) is 15.9. The normalized spacial score (nSPS) is 18.3. The number of H-pyrrole nitrogens is 1. The van der Waals surface area contributed by atoms with E-state index in [2.05, 4.69) is 15.2 Å². The Morgan fingerprint density at radius 1 is 1.45 bits per heavy atom. The third-order valence-corrected chi connectivity index (χ3v) is 3.90. The number of aromatic nitrogens is 3. The molecule has 1 amide bonds. The monoisotopic (exact) mass is 328 g/mol. The number of hydrogen-bond donors (Lipinski definition) is 1. The van der Waals surface area contributed by atoms with Crippen molar-refractivity contribution in [2.75, 3.05) is 13.2 Å². The van der Waals surface area contributed by atoms with Crippen LogP contribution >= 0.6 is 11.6 Å². The second kappa shape index (κ2) is 8.12. The number of hydrogen-bond acceptors (Lipinski definition) is 5. The molecule has 22 heavy (non-hydrogen) atoms. The number of aromatic amines is 1. The molecule has 7 nitrogen and oxygen atoms in total. The van der Waals surface area contributed by atoms with Crippen LogP contribution in [0.4, 0.5) is 0 Å². The quantitative estimate of drug-likeness (QED) is 0.803. The number of halogens is 1. The lowest BCUT2D eigenvalue weighted by molar-refractivity contribution is -0.146. The third kappa shape index (κ3) is 4.69. The fraction of sp³-hybridized carbons (Fsp3) is 0.714. The molecule has 2 rings (SSSR count). The number of likely N-dealkylation sites (tertiary alicyclic amines) is 1. The topological polar surface area (TPSA) is 88.2 Å². The Labute approximate surface area is 134 Å².